The minimum atomic E-state index is -0.120. The number of carbonyl (C=O) groups is 1. The molecule has 152 valence electrons. The molecule has 0 saturated heterocycles. The van der Waals surface area contributed by atoms with Crippen LogP contribution in [0.15, 0.2) is 41.2 Å². The Morgan fingerprint density at radius 3 is 2.52 bits per heavy atom. The summed E-state index contributed by atoms with van der Waals surface area (Å²) in [5.74, 6) is 1.73. The van der Waals surface area contributed by atoms with Crippen LogP contribution in [0.5, 0.6) is 17.2 Å². The summed E-state index contributed by atoms with van der Waals surface area (Å²) in [6.45, 7) is 1.19. The average Bonchev–Trinajstić information content (AvgIpc) is 2.89. The fraction of sp³-hybridized carbons (Fsp3) is 0.300. The van der Waals surface area contributed by atoms with Crippen molar-refractivity contribution in [2.24, 2.45) is 14.1 Å². The van der Waals surface area contributed by atoms with Crippen molar-refractivity contribution in [1.29, 1.82) is 0 Å². The number of carbonyl (C=O) groups excluding carboxylic acids is 1. The van der Waals surface area contributed by atoms with E-state index in [0.29, 0.717) is 36.1 Å². The minimum Gasteiger partial charge on any atom is -0.493 e. The number of benzene rings is 2. The number of aryl methyl sites for hydroxylation is 2. The standard InChI is InChI=1S/C20H25BN4O4/c1-24-16-11-15(22)18(12-17(16)25(2)20(24)27)29-14-7-5-6-13(10-14)28-9-4-3-8-23-19(21)26/h5-7,10-12H,3-4,8-9,21-22H2,1-2H3,(H,23,26). The Morgan fingerprint density at radius 2 is 1.79 bits per heavy atom. The number of nitrogens with zero attached hydrogens (tertiary/aromatic N) is 2. The second kappa shape index (κ2) is 8.77. The summed E-state index contributed by atoms with van der Waals surface area (Å²) in [7, 11) is 4.93. The van der Waals surface area contributed by atoms with Crippen LogP contribution in [0, 0.1) is 0 Å². The zero-order valence-corrected chi connectivity index (χ0v) is 16.9. The Balaban J connectivity index is 1.67. The van der Waals surface area contributed by atoms with Gasteiger partial charge in [-0.3, -0.25) is 13.9 Å². The van der Waals surface area contributed by atoms with E-state index in [9.17, 15) is 9.59 Å². The lowest BCUT2D eigenvalue weighted by atomic mass is 10.1. The predicted molar refractivity (Wildman–Crippen MR) is 116 cm³/mol. The molecule has 2 aromatic carbocycles. The first-order chi connectivity index (χ1) is 13.9. The van der Waals surface area contributed by atoms with E-state index in [1.54, 1.807) is 41.4 Å². The number of nitrogens with one attached hydrogen (secondary N) is 1. The number of hydrogen-bond acceptors (Lipinski definition) is 5. The highest BCUT2D eigenvalue weighted by atomic mass is 16.5. The second-order valence-corrected chi connectivity index (χ2v) is 6.89. The average molecular weight is 396 g/mol. The van der Waals surface area contributed by atoms with Crippen LogP contribution in [-0.2, 0) is 14.1 Å². The maximum atomic E-state index is 12.1. The Hall–Kier alpha value is -3.36. The molecule has 3 aromatic rings. The smallest absolute Gasteiger partial charge is 0.328 e. The number of imidazole rings is 1. The Morgan fingerprint density at radius 1 is 1.10 bits per heavy atom. The Labute approximate surface area is 169 Å². The van der Waals surface area contributed by atoms with E-state index < -0.39 is 0 Å². The van der Waals surface area contributed by atoms with E-state index >= 15 is 0 Å². The van der Waals surface area contributed by atoms with E-state index in [-0.39, 0.29) is 11.5 Å². The molecule has 3 N–H and O–H groups in total. The third-order valence-electron chi connectivity index (χ3n) is 4.65. The summed E-state index contributed by atoms with van der Waals surface area (Å²) < 4.78 is 14.8. The minimum absolute atomic E-state index is 0.0243. The number of ether oxygens (including phenoxy) is 2. The highest BCUT2D eigenvalue weighted by molar-refractivity contribution is 6.57. The third-order valence-corrected chi connectivity index (χ3v) is 4.65. The lowest BCUT2D eigenvalue weighted by Gasteiger charge is -2.11. The van der Waals surface area contributed by atoms with Gasteiger partial charge in [0.1, 0.15) is 11.5 Å². The van der Waals surface area contributed by atoms with Crippen LogP contribution in [0.1, 0.15) is 12.8 Å². The molecular weight excluding hydrogens is 371 g/mol. The molecule has 0 atom stereocenters. The van der Waals surface area contributed by atoms with Gasteiger partial charge in [-0.05, 0) is 31.0 Å². The van der Waals surface area contributed by atoms with Crippen LogP contribution < -0.4 is 26.2 Å². The van der Waals surface area contributed by atoms with Crippen molar-refractivity contribution in [2.75, 3.05) is 18.9 Å². The quantitative estimate of drug-likeness (QED) is 0.343. The van der Waals surface area contributed by atoms with Gasteiger partial charge in [0.2, 0.25) is 7.85 Å². The Kier molecular flexibility index (Phi) is 6.16. The zero-order valence-electron chi connectivity index (χ0n) is 16.9. The van der Waals surface area contributed by atoms with E-state index in [1.165, 1.54) is 7.85 Å². The molecule has 0 radical (unpaired) electrons. The summed E-state index contributed by atoms with van der Waals surface area (Å²) in [5.41, 5.74) is 7.96. The fourth-order valence-corrected chi connectivity index (χ4v) is 3.07. The molecule has 0 spiro atoms. The van der Waals surface area contributed by atoms with Crippen LogP contribution in [-0.4, -0.2) is 35.9 Å². The first kappa shape index (κ1) is 20.4. The van der Waals surface area contributed by atoms with Crippen molar-refractivity contribution in [3.8, 4) is 17.2 Å². The summed E-state index contributed by atoms with van der Waals surface area (Å²) >= 11 is 0. The molecule has 3 rings (SSSR count). The van der Waals surface area contributed by atoms with Crippen molar-refractivity contribution < 1.29 is 14.3 Å². The second-order valence-electron chi connectivity index (χ2n) is 6.89. The van der Waals surface area contributed by atoms with Crippen LogP contribution in [0.4, 0.5) is 10.5 Å². The molecular formula is C20H25BN4O4. The molecule has 0 fully saturated rings. The van der Waals surface area contributed by atoms with Crippen LogP contribution >= 0.6 is 0 Å². The first-order valence-electron chi connectivity index (χ1n) is 9.47. The monoisotopic (exact) mass is 396 g/mol. The number of hydrogen-bond donors (Lipinski definition) is 2. The lowest BCUT2D eigenvalue weighted by molar-refractivity contribution is 0.258. The van der Waals surface area contributed by atoms with Gasteiger partial charge in [0, 0.05) is 32.8 Å². The molecule has 0 aliphatic rings. The summed E-state index contributed by atoms with van der Waals surface area (Å²) in [6.07, 6.45) is 1.68. The van der Waals surface area contributed by atoms with Crippen molar-refractivity contribution in [1.82, 2.24) is 14.5 Å². The van der Waals surface area contributed by atoms with Crippen LogP contribution in [0.25, 0.3) is 11.0 Å². The molecule has 1 aromatic heterocycles. The summed E-state index contributed by atoms with van der Waals surface area (Å²) in [5, 5.41) is 2.76. The van der Waals surface area contributed by atoms with E-state index in [0.717, 1.165) is 23.9 Å². The molecule has 29 heavy (non-hydrogen) atoms. The van der Waals surface area contributed by atoms with Crippen molar-refractivity contribution in [2.45, 2.75) is 12.8 Å². The van der Waals surface area contributed by atoms with Gasteiger partial charge in [0.05, 0.1) is 23.3 Å². The number of rotatable bonds is 8. The number of nitrogens with two attached hydrogens (primary N) is 1. The molecule has 0 saturated carbocycles. The highest BCUT2D eigenvalue weighted by Crippen LogP contribution is 2.32. The Bertz CT molecular complexity index is 1090. The van der Waals surface area contributed by atoms with Crippen molar-refractivity contribution >= 4 is 30.4 Å². The molecule has 0 aliphatic carbocycles. The number of anilines is 1. The molecule has 1 heterocycles. The van der Waals surface area contributed by atoms with Gasteiger partial charge < -0.3 is 20.5 Å². The normalized spacial score (nSPS) is 10.8. The van der Waals surface area contributed by atoms with Gasteiger partial charge >= 0.3 is 5.69 Å². The summed E-state index contributed by atoms with van der Waals surface area (Å²) in [6, 6.07) is 10.8. The van der Waals surface area contributed by atoms with Gasteiger partial charge in [0.25, 0.3) is 0 Å². The molecule has 0 unspecified atom stereocenters. The van der Waals surface area contributed by atoms with Gasteiger partial charge in [-0.2, -0.15) is 0 Å². The molecule has 8 nitrogen and oxygen atoms in total. The van der Waals surface area contributed by atoms with E-state index in [2.05, 4.69) is 5.32 Å². The maximum Gasteiger partial charge on any atom is 0.328 e. The fourth-order valence-electron chi connectivity index (χ4n) is 3.07. The van der Waals surface area contributed by atoms with Crippen molar-refractivity contribution in [3.63, 3.8) is 0 Å². The van der Waals surface area contributed by atoms with Gasteiger partial charge in [0.15, 0.2) is 11.6 Å². The highest BCUT2D eigenvalue weighted by Gasteiger charge is 2.12. The summed E-state index contributed by atoms with van der Waals surface area (Å²) in [4.78, 5) is 23.0. The maximum absolute atomic E-state index is 12.1. The number of amides is 1. The van der Waals surface area contributed by atoms with E-state index in [1.807, 2.05) is 18.2 Å². The first-order valence-corrected chi connectivity index (χ1v) is 9.47. The SMILES string of the molecule is BC(=O)NCCCCOc1cccc(Oc2cc3c(cc2N)n(C)c(=O)n3C)c1. The molecule has 9 heteroatoms. The van der Waals surface area contributed by atoms with Crippen LogP contribution in [0.2, 0.25) is 0 Å². The zero-order chi connectivity index (χ0) is 21.0. The number of nitrogen functional groups attached to an aromatic ring is 1. The molecule has 0 aliphatic heterocycles. The topological polar surface area (TPSA) is 101 Å². The predicted octanol–water partition coefficient (Wildman–Crippen LogP) is 1.75. The number of fused-ring (bicyclic) bond motifs is 1. The number of unbranched alkanes of at least 4 members (excludes halogenated alkanes) is 1. The van der Waals surface area contributed by atoms with Gasteiger partial charge in [-0.1, -0.05) is 6.07 Å². The number of aromatic nitrogens is 2. The molecule has 1 amide bonds. The van der Waals surface area contributed by atoms with Crippen molar-refractivity contribution in [3.05, 3.63) is 46.9 Å². The van der Waals surface area contributed by atoms with Gasteiger partial charge in [-0.25, -0.2) is 4.79 Å². The van der Waals surface area contributed by atoms with Crippen LogP contribution in [0.3, 0.4) is 0 Å². The largest absolute Gasteiger partial charge is 0.493 e. The van der Waals surface area contributed by atoms with Gasteiger partial charge in [-0.15, -0.1) is 0 Å². The van der Waals surface area contributed by atoms with E-state index in [4.69, 9.17) is 15.2 Å². The lowest BCUT2D eigenvalue weighted by Crippen LogP contribution is -2.22. The molecule has 0 bridgehead atoms. The third kappa shape index (κ3) is 4.74.